The number of nitrogens with zero attached hydrogens (tertiary/aromatic N) is 2. The van der Waals surface area contributed by atoms with Crippen LogP contribution >= 0.6 is 23.2 Å². The van der Waals surface area contributed by atoms with Crippen LogP contribution in [-0.4, -0.2) is 43.8 Å². The molecule has 0 unspecified atom stereocenters. The van der Waals surface area contributed by atoms with Gasteiger partial charge in [0.1, 0.15) is 12.6 Å². The fourth-order valence-electron chi connectivity index (χ4n) is 4.71. The Balaban J connectivity index is 1.80. The highest BCUT2D eigenvalue weighted by Gasteiger charge is 2.35. The van der Waals surface area contributed by atoms with E-state index in [0.29, 0.717) is 22.0 Å². The Labute approximate surface area is 269 Å². The van der Waals surface area contributed by atoms with Crippen molar-refractivity contribution >= 4 is 50.7 Å². The molecule has 0 saturated heterocycles. The minimum atomic E-state index is -4.20. The predicted octanol–water partition coefficient (Wildman–Crippen LogP) is 6.74. The first-order valence-electron chi connectivity index (χ1n) is 14.3. The number of nitrogens with one attached hydrogen (secondary N) is 1. The summed E-state index contributed by atoms with van der Waals surface area (Å²) in [7, 11) is -4.20. The lowest BCUT2D eigenvalue weighted by molar-refractivity contribution is -0.140. The quantitative estimate of drug-likeness (QED) is 0.173. The Hall–Kier alpha value is -3.85. The van der Waals surface area contributed by atoms with Gasteiger partial charge in [-0.25, -0.2) is 8.42 Å². The van der Waals surface area contributed by atoms with E-state index in [1.807, 2.05) is 50.2 Å². The molecule has 2 atom stereocenters. The summed E-state index contributed by atoms with van der Waals surface area (Å²) in [6.45, 7) is 3.32. The van der Waals surface area contributed by atoms with Crippen LogP contribution in [-0.2, 0) is 32.6 Å². The molecule has 1 N–H and O–H groups in total. The number of anilines is 1. The van der Waals surface area contributed by atoms with E-state index in [2.05, 4.69) is 5.32 Å². The molecule has 44 heavy (non-hydrogen) atoms. The predicted molar refractivity (Wildman–Crippen MR) is 176 cm³/mol. The van der Waals surface area contributed by atoms with Crippen LogP contribution in [0.5, 0.6) is 0 Å². The zero-order valence-corrected chi connectivity index (χ0v) is 26.9. The molecule has 0 aliphatic carbocycles. The molecule has 230 valence electrons. The molecule has 10 heteroatoms. The molecule has 0 saturated carbocycles. The second-order valence-corrected chi connectivity index (χ2v) is 13.2. The van der Waals surface area contributed by atoms with Crippen molar-refractivity contribution in [3.63, 3.8) is 0 Å². The number of carbonyl (C=O) groups excluding carboxylic acids is 2. The van der Waals surface area contributed by atoms with Crippen LogP contribution in [0, 0.1) is 0 Å². The van der Waals surface area contributed by atoms with E-state index in [9.17, 15) is 18.0 Å². The van der Waals surface area contributed by atoms with E-state index < -0.39 is 28.5 Å². The Bertz CT molecular complexity index is 1670. The monoisotopic (exact) mass is 651 g/mol. The summed E-state index contributed by atoms with van der Waals surface area (Å²) in [5, 5.41) is 3.81. The number of carbonyl (C=O) groups is 2. The highest BCUT2D eigenvalue weighted by molar-refractivity contribution is 7.92. The van der Waals surface area contributed by atoms with Gasteiger partial charge < -0.3 is 10.2 Å². The summed E-state index contributed by atoms with van der Waals surface area (Å²) in [6.07, 6.45) is 0.919. The van der Waals surface area contributed by atoms with Crippen molar-refractivity contribution in [2.45, 2.75) is 50.2 Å². The Morgan fingerprint density at radius 3 is 2.00 bits per heavy atom. The molecular formula is C34H35Cl2N3O4S. The molecule has 0 bridgehead atoms. The number of halogens is 2. The van der Waals surface area contributed by atoms with E-state index in [1.165, 1.54) is 23.1 Å². The highest BCUT2D eigenvalue weighted by Crippen LogP contribution is 2.27. The van der Waals surface area contributed by atoms with Gasteiger partial charge in [-0.05, 0) is 66.9 Å². The van der Waals surface area contributed by atoms with Crippen molar-refractivity contribution in [1.82, 2.24) is 10.2 Å². The second kappa shape index (κ2) is 15.2. The van der Waals surface area contributed by atoms with Gasteiger partial charge in [-0.15, -0.1) is 0 Å². The van der Waals surface area contributed by atoms with Crippen LogP contribution in [0.2, 0.25) is 10.0 Å². The second-order valence-electron chi connectivity index (χ2n) is 10.5. The van der Waals surface area contributed by atoms with Gasteiger partial charge in [0.25, 0.3) is 10.0 Å². The molecule has 0 aliphatic rings. The van der Waals surface area contributed by atoms with Crippen LogP contribution in [0.4, 0.5) is 5.69 Å². The van der Waals surface area contributed by atoms with E-state index in [1.54, 1.807) is 54.6 Å². The molecule has 2 amide bonds. The summed E-state index contributed by atoms with van der Waals surface area (Å²) >= 11 is 12.6. The van der Waals surface area contributed by atoms with Crippen LogP contribution in [0.3, 0.4) is 0 Å². The first-order chi connectivity index (χ1) is 21.1. The molecule has 0 aromatic heterocycles. The van der Waals surface area contributed by atoms with Crippen molar-refractivity contribution in [3.8, 4) is 0 Å². The van der Waals surface area contributed by atoms with E-state index in [-0.39, 0.29) is 35.5 Å². The van der Waals surface area contributed by atoms with Crippen molar-refractivity contribution in [1.29, 1.82) is 0 Å². The fourth-order valence-corrected chi connectivity index (χ4v) is 6.53. The number of sulfonamides is 1. The van der Waals surface area contributed by atoms with Crippen LogP contribution in [0.1, 0.15) is 31.4 Å². The summed E-state index contributed by atoms with van der Waals surface area (Å²) < 4.78 is 29.0. The summed E-state index contributed by atoms with van der Waals surface area (Å²) in [5.74, 6) is -0.900. The zero-order chi connectivity index (χ0) is 31.7. The van der Waals surface area contributed by atoms with Crippen molar-refractivity contribution in [2.75, 3.05) is 10.8 Å². The first kappa shape index (κ1) is 33.1. The molecule has 7 nitrogen and oxygen atoms in total. The number of amides is 2. The van der Waals surface area contributed by atoms with Crippen molar-refractivity contribution in [2.24, 2.45) is 0 Å². The molecule has 4 aromatic carbocycles. The van der Waals surface area contributed by atoms with Crippen LogP contribution in [0.15, 0.2) is 114 Å². The van der Waals surface area contributed by atoms with Gasteiger partial charge in [-0.3, -0.25) is 13.9 Å². The smallest absolute Gasteiger partial charge is 0.264 e. The fraction of sp³-hybridized carbons (Fsp3) is 0.235. The molecule has 0 radical (unpaired) electrons. The lowest BCUT2D eigenvalue weighted by Crippen LogP contribution is -2.54. The average Bonchev–Trinajstić information content (AvgIpc) is 3.02. The normalized spacial score (nSPS) is 12.6. The largest absolute Gasteiger partial charge is 0.352 e. The lowest BCUT2D eigenvalue weighted by Gasteiger charge is -2.34. The molecule has 0 fully saturated rings. The van der Waals surface area contributed by atoms with Gasteiger partial charge >= 0.3 is 0 Å². The molecule has 0 aliphatic heterocycles. The Kier molecular flexibility index (Phi) is 11.4. The minimum Gasteiger partial charge on any atom is -0.352 e. The maximum absolute atomic E-state index is 14.4. The average molecular weight is 653 g/mol. The zero-order valence-electron chi connectivity index (χ0n) is 24.6. The van der Waals surface area contributed by atoms with E-state index >= 15 is 0 Å². The molecule has 4 aromatic rings. The van der Waals surface area contributed by atoms with Gasteiger partial charge in [0.15, 0.2) is 0 Å². The van der Waals surface area contributed by atoms with Gasteiger partial charge in [0.05, 0.1) is 10.6 Å². The van der Waals surface area contributed by atoms with Gasteiger partial charge in [-0.1, -0.05) is 96.9 Å². The number of rotatable bonds is 13. The Morgan fingerprint density at radius 2 is 1.39 bits per heavy atom. The van der Waals surface area contributed by atoms with E-state index in [0.717, 1.165) is 9.87 Å². The van der Waals surface area contributed by atoms with Gasteiger partial charge in [0, 0.05) is 29.1 Å². The summed E-state index contributed by atoms with van der Waals surface area (Å²) in [4.78, 5) is 29.8. The van der Waals surface area contributed by atoms with Crippen LogP contribution in [0.25, 0.3) is 0 Å². The Morgan fingerprint density at radius 1 is 0.795 bits per heavy atom. The molecule has 4 rings (SSSR count). The third-order valence-corrected chi connectivity index (χ3v) is 9.48. The third-order valence-electron chi connectivity index (χ3n) is 7.22. The number of hydrogen-bond donors (Lipinski definition) is 1. The minimum absolute atomic E-state index is 0.0181. The standard InChI is InChI=1S/C34H35Cl2N3O4S/c1-3-25(2)37-34(41)32(21-26-12-6-4-7-13-26)38(23-27-14-10-15-28(35)20-27)33(40)24-39(30-17-11-16-29(36)22-30)44(42,43)31-18-8-5-9-19-31/h4-20,22,25,32H,3,21,23-24H2,1-2H3,(H,37,41)/t25-,32+/m1/s1. The highest BCUT2D eigenvalue weighted by atomic mass is 35.5. The van der Waals surface area contributed by atoms with Gasteiger partial charge in [-0.2, -0.15) is 0 Å². The van der Waals surface area contributed by atoms with E-state index in [4.69, 9.17) is 23.2 Å². The van der Waals surface area contributed by atoms with Crippen molar-refractivity contribution < 1.29 is 18.0 Å². The lowest BCUT2D eigenvalue weighted by atomic mass is 10.0. The first-order valence-corrected chi connectivity index (χ1v) is 16.5. The topological polar surface area (TPSA) is 86.8 Å². The maximum atomic E-state index is 14.4. The summed E-state index contributed by atoms with van der Waals surface area (Å²) in [6, 6.07) is 29.6. The number of benzene rings is 4. The molecule has 0 heterocycles. The van der Waals surface area contributed by atoms with Crippen LogP contribution < -0.4 is 9.62 Å². The third kappa shape index (κ3) is 8.62. The van der Waals surface area contributed by atoms with Crippen molar-refractivity contribution in [3.05, 3.63) is 130 Å². The number of hydrogen-bond acceptors (Lipinski definition) is 4. The molecular weight excluding hydrogens is 617 g/mol. The SMILES string of the molecule is CC[C@@H](C)NC(=O)[C@H](Cc1ccccc1)N(Cc1cccc(Cl)c1)C(=O)CN(c1cccc(Cl)c1)S(=O)(=O)c1ccccc1. The molecule has 0 spiro atoms. The van der Waals surface area contributed by atoms with Gasteiger partial charge in [0.2, 0.25) is 11.8 Å². The maximum Gasteiger partial charge on any atom is 0.264 e. The summed E-state index contributed by atoms with van der Waals surface area (Å²) in [5.41, 5.74) is 1.77.